The summed E-state index contributed by atoms with van der Waals surface area (Å²) in [5, 5.41) is 0. The van der Waals surface area contributed by atoms with Crippen molar-refractivity contribution >= 4 is 11.6 Å². The van der Waals surface area contributed by atoms with E-state index in [9.17, 15) is 0 Å². The number of rotatable bonds is 5. The molecule has 0 spiro atoms. The molecule has 1 aromatic heterocycles. The van der Waals surface area contributed by atoms with Gasteiger partial charge in [-0.3, -0.25) is 0 Å². The Balaban J connectivity index is 2.38. The highest BCUT2D eigenvalue weighted by molar-refractivity contribution is 5.61. The second kappa shape index (κ2) is 6.29. The number of benzene rings is 1. The third-order valence-electron chi connectivity index (χ3n) is 3.02. The quantitative estimate of drug-likeness (QED) is 0.893. The van der Waals surface area contributed by atoms with Gasteiger partial charge < -0.3 is 10.6 Å². The number of hydrogen-bond acceptors (Lipinski definition) is 4. The Morgan fingerprint density at radius 1 is 1.16 bits per heavy atom. The number of aryl methyl sites for hydroxylation is 2. The molecule has 0 radical (unpaired) electrons. The molecular formula is C15H20N4. The molecular weight excluding hydrogens is 236 g/mol. The molecule has 19 heavy (non-hydrogen) atoms. The van der Waals surface area contributed by atoms with Crippen LogP contribution >= 0.6 is 0 Å². The number of hydrogen-bond donors (Lipinski definition) is 1. The van der Waals surface area contributed by atoms with Gasteiger partial charge in [0.25, 0.3) is 0 Å². The molecule has 2 rings (SSSR count). The van der Waals surface area contributed by atoms with Crippen molar-refractivity contribution in [1.29, 1.82) is 0 Å². The summed E-state index contributed by atoms with van der Waals surface area (Å²) in [4.78, 5) is 11.0. The smallest absolute Gasteiger partial charge is 0.230 e. The summed E-state index contributed by atoms with van der Waals surface area (Å²) in [6.45, 7) is 5.56. The van der Waals surface area contributed by atoms with Crippen LogP contribution in [-0.4, -0.2) is 23.1 Å². The minimum absolute atomic E-state index is 0.661. The van der Waals surface area contributed by atoms with Crippen molar-refractivity contribution in [2.75, 3.05) is 18.0 Å². The topological polar surface area (TPSA) is 55.0 Å². The lowest BCUT2D eigenvalue weighted by Gasteiger charge is -2.24. The van der Waals surface area contributed by atoms with Gasteiger partial charge in [-0.05, 0) is 44.5 Å². The molecule has 4 heteroatoms. The fourth-order valence-electron chi connectivity index (χ4n) is 2.01. The maximum atomic E-state index is 5.63. The van der Waals surface area contributed by atoms with Crippen molar-refractivity contribution in [2.24, 2.45) is 5.73 Å². The van der Waals surface area contributed by atoms with Crippen molar-refractivity contribution in [3.05, 3.63) is 47.8 Å². The van der Waals surface area contributed by atoms with Crippen LogP contribution in [0.25, 0.3) is 0 Å². The highest BCUT2D eigenvalue weighted by Crippen LogP contribution is 2.25. The first-order valence-electron chi connectivity index (χ1n) is 6.55. The van der Waals surface area contributed by atoms with Crippen molar-refractivity contribution in [3.63, 3.8) is 0 Å². The third-order valence-corrected chi connectivity index (χ3v) is 3.02. The predicted molar refractivity (Wildman–Crippen MR) is 78.6 cm³/mol. The number of nitrogens with zero attached hydrogens (tertiary/aromatic N) is 3. The fraction of sp³-hybridized carbons (Fsp3) is 0.333. The van der Waals surface area contributed by atoms with E-state index in [-0.39, 0.29) is 0 Å². The summed E-state index contributed by atoms with van der Waals surface area (Å²) >= 11 is 0. The molecule has 0 bridgehead atoms. The zero-order valence-electron chi connectivity index (χ0n) is 11.5. The summed E-state index contributed by atoms with van der Waals surface area (Å²) in [6, 6.07) is 10.2. The van der Waals surface area contributed by atoms with Gasteiger partial charge in [0.1, 0.15) is 0 Å². The Kier molecular flexibility index (Phi) is 4.47. The molecule has 0 fully saturated rings. The van der Waals surface area contributed by atoms with Crippen LogP contribution in [0, 0.1) is 13.8 Å². The van der Waals surface area contributed by atoms with Gasteiger partial charge in [-0.15, -0.1) is 0 Å². The van der Waals surface area contributed by atoms with Crippen LogP contribution in [0.5, 0.6) is 0 Å². The first-order valence-corrected chi connectivity index (χ1v) is 6.55. The van der Waals surface area contributed by atoms with E-state index in [1.165, 1.54) is 5.56 Å². The van der Waals surface area contributed by atoms with Gasteiger partial charge in [0, 0.05) is 24.1 Å². The number of nitrogens with two attached hydrogens (primary N) is 1. The minimum Gasteiger partial charge on any atom is -0.330 e. The van der Waals surface area contributed by atoms with Crippen molar-refractivity contribution in [3.8, 4) is 0 Å². The fourth-order valence-corrected chi connectivity index (χ4v) is 2.01. The summed E-state index contributed by atoms with van der Waals surface area (Å²) in [7, 11) is 0. The summed E-state index contributed by atoms with van der Waals surface area (Å²) < 4.78 is 0. The maximum absolute atomic E-state index is 5.63. The van der Waals surface area contributed by atoms with Gasteiger partial charge in [-0.25, -0.2) is 9.97 Å². The third kappa shape index (κ3) is 3.29. The molecule has 1 heterocycles. The van der Waals surface area contributed by atoms with Crippen molar-refractivity contribution < 1.29 is 0 Å². The van der Waals surface area contributed by atoms with Gasteiger partial charge in [0.2, 0.25) is 5.95 Å². The molecule has 4 nitrogen and oxygen atoms in total. The molecule has 0 unspecified atom stereocenters. The molecule has 0 saturated carbocycles. The van der Waals surface area contributed by atoms with E-state index in [4.69, 9.17) is 5.73 Å². The van der Waals surface area contributed by atoms with E-state index in [2.05, 4.69) is 33.9 Å². The summed E-state index contributed by atoms with van der Waals surface area (Å²) in [5.74, 6) is 0.739. The number of anilines is 2. The second-order valence-electron chi connectivity index (χ2n) is 4.58. The zero-order chi connectivity index (χ0) is 13.7. The van der Waals surface area contributed by atoms with E-state index in [1.807, 2.05) is 25.1 Å². The molecule has 0 saturated heterocycles. The van der Waals surface area contributed by atoms with Crippen molar-refractivity contribution in [1.82, 2.24) is 9.97 Å². The van der Waals surface area contributed by atoms with E-state index >= 15 is 0 Å². The Morgan fingerprint density at radius 3 is 2.63 bits per heavy atom. The first-order chi connectivity index (χ1) is 9.22. The highest BCUT2D eigenvalue weighted by Gasteiger charge is 2.13. The molecule has 0 aliphatic heterocycles. The molecule has 0 aliphatic carbocycles. The lowest BCUT2D eigenvalue weighted by atomic mass is 10.2. The Morgan fingerprint density at radius 2 is 1.95 bits per heavy atom. The normalized spacial score (nSPS) is 10.5. The Bertz CT molecular complexity index is 539. The Labute approximate surface area is 114 Å². The minimum atomic E-state index is 0.661. The molecule has 2 N–H and O–H groups in total. The monoisotopic (exact) mass is 256 g/mol. The predicted octanol–water partition coefficient (Wildman–Crippen LogP) is 2.58. The average molecular weight is 256 g/mol. The van der Waals surface area contributed by atoms with Gasteiger partial charge in [-0.1, -0.05) is 18.2 Å². The first kappa shape index (κ1) is 13.5. The molecule has 0 amide bonds. The van der Waals surface area contributed by atoms with Crippen LogP contribution in [0.1, 0.15) is 17.7 Å². The Hall–Kier alpha value is -1.94. The van der Waals surface area contributed by atoms with E-state index in [1.54, 1.807) is 6.20 Å². The van der Waals surface area contributed by atoms with Gasteiger partial charge in [0.15, 0.2) is 0 Å². The van der Waals surface area contributed by atoms with Gasteiger partial charge in [0.05, 0.1) is 0 Å². The van der Waals surface area contributed by atoms with Crippen LogP contribution in [0.2, 0.25) is 0 Å². The van der Waals surface area contributed by atoms with Crippen LogP contribution < -0.4 is 10.6 Å². The van der Waals surface area contributed by atoms with E-state index in [0.29, 0.717) is 6.54 Å². The molecule has 1 aromatic carbocycles. The second-order valence-corrected chi connectivity index (χ2v) is 4.58. The molecule has 2 aromatic rings. The number of para-hydroxylation sites is 1. The molecule has 0 atom stereocenters. The van der Waals surface area contributed by atoms with Crippen LogP contribution in [0.3, 0.4) is 0 Å². The SMILES string of the molecule is Cc1ccnc(N(CCCN)c2ccccc2C)n1. The largest absolute Gasteiger partial charge is 0.330 e. The highest BCUT2D eigenvalue weighted by atomic mass is 15.3. The van der Waals surface area contributed by atoms with Crippen molar-refractivity contribution in [2.45, 2.75) is 20.3 Å². The van der Waals surface area contributed by atoms with Gasteiger partial charge in [-0.2, -0.15) is 0 Å². The average Bonchev–Trinajstić information content (AvgIpc) is 2.41. The van der Waals surface area contributed by atoms with Crippen LogP contribution in [0.4, 0.5) is 11.6 Å². The van der Waals surface area contributed by atoms with Gasteiger partial charge >= 0.3 is 0 Å². The van der Waals surface area contributed by atoms with E-state index < -0.39 is 0 Å². The number of aromatic nitrogens is 2. The van der Waals surface area contributed by atoms with Crippen LogP contribution in [-0.2, 0) is 0 Å². The lowest BCUT2D eigenvalue weighted by molar-refractivity contribution is 0.795. The zero-order valence-corrected chi connectivity index (χ0v) is 11.5. The lowest BCUT2D eigenvalue weighted by Crippen LogP contribution is -2.23. The van der Waals surface area contributed by atoms with Crippen LogP contribution in [0.15, 0.2) is 36.5 Å². The molecule has 0 aliphatic rings. The summed E-state index contributed by atoms with van der Waals surface area (Å²) in [6.07, 6.45) is 2.71. The van der Waals surface area contributed by atoms with E-state index in [0.717, 1.165) is 30.3 Å². The standard InChI is InChI=1S/C15H20N4/c1-12-6-3-4-7-14(12)19(11-5-9-16)15-17-10-8-13(2)18-15/h3-4,6-8,10H,5,9,11,16H2,1-2H3. The summed E-state index contributed by atoms with van der Waals surface area (Å²) in [5.41, 5.74) is 8.96. The molecule has 100 valence electrons. The maximum Gasteiger partial charge on any atom is 0.230 e.